The maximum atomic E-state index is 5.10. The van der Waals surface area contributed by atoms with Gasteiger partial charge >= 0.3 is 0 Å². The van der Waals surface area contributed by atoms with Crippen LogP contribution < -0.4 is 5.32 Å². The van der Waals surface area contributed by atoms with Crippen molar-refractivity contribution in [3.8, 4) is 0 Å². The van der Waals surface area contributed by atoms with Gasteiger partial charge in [-0.15, -0.1) is 11.8 Å². The topological polar surface area (TPSA) is 63.8 Å². The number of hydrogen-bond donors (Lipinski definition) is 1. The van der Waals surface area contributed by atoms with Crippen molar-refractivity contribution in [1.82, 2.24) is 15.1 Å². The van der Waals surface area contributed by atoms with Crippen LogP contribution in [0.25, 0.3) is 0 Å². The molecule has 0 saturated carbocycles. The molecular formula is C11H14N4OS. The summed E-state index contributed by atoms with van der Waals surface area (Å²) in [6.07, 6.45) is 3.54. The Labute approximate surface area is 104 Å². The van der Waals surface area contributed by atoms with Gasteiger partial charge in [-0.3, -0.25) is 0 Å². The molecule has 0 saturated heterocycles. The Morgan fingerprint density at radius 3 is 2.82 bits per heavy atom. The van der Waals surface area contributed by atoms with Crippen molar-refractivity contribution >= 4 is 17.6 Å². The maximum absolute atomic E-state index is 5.10. The largest absolute Gasteiger partial charge is 0.366 e. The first-order valence-corrected chi connectivity index (χ1v) is 6.45. The third kappa shape index (κ3) is 2.76. The molecule has 0 aliphatic rings. The van der Waals surface area contributed by atoms with Gasteiger partial charge in [0, 0.05) is 18.2 Å². The molecule has 2 aromatic rings. The highest BCUT2D eigenvalue weighted by Gasteiger charge is 2.08. The second kappa shape index (κ2) is 5.18. The molecule has 0 fully saturated rings. The average molecular weight is 250 g/mol. The van der Waals surface area contributed by atoms with E-state index in [0.717, 1.165) is 27.9 Å². The summed E-state index contributed by atoms with van der Waals surface area (Å²) >= 11 is 1.59. The van der Waals surface area contributed by atoms with Gasteiger partial charge < -0.3 is 9.84 Å². The van der Waals surface area contributed by atoms with Gasteiger partial charge in [0.15, 0.2) is 0 Å². The fraction of sp³-hybridized carbons (Fsp3) is 0.364. The molecule has 0 aliphatic heterocycles. The minimum Gasteiger partial charge on any atom is -0.366 e. The van der Waals surface area contributed by atoms with E-state index in [2.05, 4.69) is 20.4 Å². The van der Waals surface area contributed by atoms with Crippen molar-refractivity contribution in [3.63, 3.8) is 0 Å². The van der Waals surface area contributed by atoms with Crippen LogP contribution in [0.5, 0.6) is 0 Å². The summed E-state index contributed by atoms with van der Waals surface area (Å²) in [7, 11) is 0. The Kier molecular flexibility index (Phi) is 3.63. The quantitative estimate of drug-likeness (QED) is 0.664. The highest BCUT2D eigenvalue weighted by atomic mass is 32.2. The zero-order valence-corrected chi connectivity index (χ0v) is 10.8. The number of aromatic nitrogens is 3. The smallest absolute Gasteiger partial charge is 0.138 e. The van der Waals surface area contributed by atoms with E-state index in [4.69, 9.17) is 4.52 Å². The minimum absolute atomic E-state index is 0.659. The molecule has 90 valence electrons. The predicted molar refractivity (Wildman–Crippen MR) is 67.1 cm³/mol. The number of nitrogens with zero attached hydrogens (tertiary/aromatic N) is 3. The van der Waals surface area contributed by atoms with Crippen molar-refractivity contribution in [3.05, 3.63) is 29.4 Å². The van der Waals surface area contributed by atoms with Crippen LogP contribution in [0.2, 0.25) is 0 Å². The monoisotopic (exact) mass is 250 g/mol. The van der Waals surface area contributed by atoms with Crippen LogP contribution >= 0.6 is 11.8 Å². The van der Waals surface area contributed by atoms with Crippen LogP contribution in [0.15, 0.2) is 21.9 Å². The van der Waals surface area contributed by atoms with Gasteiger partial charge in [0.05, 0.1) is 5.69 Å². The Morgan fingerprint density at radius 2 is 2.18 bits per heavy atom. The molecule has 0 aromatic carbocycles. The van der Waals surface area contributed by atoms with Crippen molar-refractivity contribution in [2.75, 3.05) is 11.6 Å². The summed E-state index contributed by atoms with van der Waals surface area (Å²) in [6.45, 7) is 4.50. The summed E-state index contributed by atoms with van der Waals surface area (Å²) in [5, 5.41) is 8.09. The van der Waals surface area contributed by atoms with Crippen LogP contribution in [0.1, 0.15) is 17.0 Å². The molecular weight excluding hydrogens is 236 g/mol. The molecule has 0 amide bonds. The summed E-state index contributed by atoms with van der Waals surface area (Å²) in [4.78, 5) is 8.28. The summed E-state index contributed by atoms with van der Waals surface area (Å²) in [5.41, 5.74) is 1.99. The minimum atomic E-state index is 0.659. The first-order valence-electron chi connectivity index (χ1n) is 5.22. The van der Waals surface area contributed by atoms with E-state index in [9.17, 15) is 0 Å². The van der Waals surface area contributed by atoms with E-state index in [1.807, 2.05) is 26.2 Å². The number of rotatable bonds is 4. The molecule has 0 radical (unpaired) electrons. The van der Waals surface area contributed by atoms with Crippen LogP contribution in [0, 0.1) is 13.8 Å². The maximum Gasteiger partial charge on any atom is 0.138 e. The number of aryl methyl sites for hydroxylation is 2. The van der Waals surface area contributed by atoms with Crippen LogP contribution in [0.3, 0.4) is 0 Å². The van der Waals surface area contributed by atoms with Crippen LogP contribution in [0.4, 0.5) is 5.82 Å². The molecule has 17 heavy (non-hydrogen) atoms. The standard InChI is InChI=1S/C11H14N4OS/c1-7-9(8(2)16-15-7)5-12-10-4-11(17-3)14-6-13-10/h4,6H,5H2,1-3H3,(H,12,13,14). The molecule has 2 aromatic heterocycles. The molecule has 2 rings (SSSR count). The van der Waals surface area contributed by atoms with E-state index in [0.29, 0.717) is 6.54 Å². The lowest BCUT2D eigenvalue weighted by Gasteiger charge is -2.05. The van der Waals surface area contributed by atoms with E-state index in [-0.39, 0.29) is 0 Å². The highest BCUT2D eigenvalue weighted by Crippen LogP contribution is 2.16. The van der Waals surface area contributed by atoms with Gasteiger partial charge in [0.25, 0.3) is 0 Å². The molecule has 5 nitrogen and oxygen atoms in total. The van der Waals surface area contributed by atoms with Crippen molar-refractivity contribution in [2.45, 2.75) is 25.4 Å². The normalized spacial score (nSPS) is 10.5. The van der Waals surface area contributed by atoms with Crippen LogP contribution in [-0.4, -0.2) is 21.4 Å². The van der Waals surface area contributed by atoms with Gasteiger partial charge in [-0.05, 0) is 20.1 Å². The number of hydrogen-bond acceptors (Lipinski definition) is 6. The second-order valence-corrected chi connectivity index (χ2v) is 4.43. The van der Waals surface area contributed by atoms with Crippen LogP contribution in [-0.2, 0) is 6.54 Å². The Balaban J connectivity index is 2.07. The molecule has 2 heterocycles. The van der Waals surface area contributed by atoms with Crippen molar-refractivity contribution < 1.29 is 4.52 Å². The zero-order valence-electron chi connectivity index (χ0n) is 10.0. The fourth-order valence-electron chi connectivity index (χ4n) is 1.48. The summed E-state index contributed by atoms with van der Waals surface area (Å²) in [6, 6.07) is 1.92. The Hall–Kier alpha value is -1.56. The molecule has 6 heteroatoms. The van der Waals surface area contributed by atoms with Gasteiger partial charge in [-0.2, -0.15) is 0 Å². The molecule has 0 unspecified atom stereocenters. The van der Waals surface area contributed by atoms with E-state index < -0.39 is 0 Å². The van der Waals surface area contributed by atoms with E-state index in [1.165, 1.54) is 0 Å². The first kappa shape index (κ1) is 11.9. The molecule has 1 N–H and O–H groups in total. The second-order valence-electron chi connectivity index (χ2n) is 3.60. The predicted octanol–water partition coefficient (Wildman–Crippen LogP) is 2.42. The summed E-state index contributed by atoms with van der Waals surface area (Å²) < 4.78 is 5.10. The van der Waals surface area contributed by atoms with E-state index >= 15 is 0 Å². The lowest BCUT2D eigenvalue weighted by molar-refractivity contribution is 0.392. The van der Waals surface area contributed by atoms with Gasteiger partial charge in [-0.1, -0.05) is 5.16 Å². The van der Waals surface area contributed by atoms with Crippen molar-refractivity contribution in [2.24, 2.45) is 0 Å². The average Bonchev–Trinajstić information content (AvgIpc) is 2.67. The molecule has 0 atom stereocenters. The summed E-state index contributed by atoms with van der Waals surface area (Å²) in [5.74, 6) is 1.65. The Bertz CT molecular complexity index is 492. The number of anilines is 1. The van der Waals surface area contributed by atoms with Gasteiger partial charge in [0.1, 0.15) is 22.9 Å². The zero-order chi connectivity index (χ0) is 12.3. The number of nitrogens with one attached hydrogen (secondary N) is 1. The lowest BCUT2D eigenvalue weighted by atomic mass is 10.2. The lowest BCUT2D eigenvalue weighted by Crippen LogP contribution is -2.03. The highest BCUT2D eigenvalue weighted by molar-refractivity contribution is 7.98. The fourth-order valence-corrected chi connectivity index (χ4v) is 1.86. The van der Waals surface area contributed by atoms with Crippen molar-refractivity contribution in [1.29, 1.82) is 0 Å². The SMILES string of the molecule is CSc1cc(NCc2c(C)noc2C)ncn1. The third-order valence-corrected chi connectivity index (χ3v) is 3.12. The third-order valence-electron chi connectivity index (χ3n) is 2.48. The number of thioether (sulfide) groups is 1. The molecule has 0 spiro atoms. The Morgan fingerprint density at radius 1 is 1.35 bits per heavy atom. The van der Waals surface area contributed by atoms with E-state index in [1.54, 1.807) is 18.1 Å². The van der Waals surface area contributed by atoms with Gasteiger partial charge in [0.2, 0.25) is 0 Å². The molecule has 0 aliphatic carbocycles. The van der Waals surface area contributed by atoms with Gasteiger partial charge in [-0.25, -0.2) is 9.97 Å². The molecule has 0 bridgehead atoms. The first-order chi connectivity index (χ1) is 8.20.